The summed E-state index contributed by atoms with van der Waals surface area (Å²) in [5, 5.41) is 7.96. The summed E-state index contributed by atoms with van der Waals surface area (Å²) in [6, 6.07) is 0. The van der Waals surface area contributed by atoms with Crippen LogP contribution in [0.1, 0.15) is 6.92 Å². The van der Waals surface area contributed by atoms with E-state index in [1.54, 1.807) is 0 Å². The van der Waals surface area contributed by atoms with Gasteiger partial charge in [-0.2, -0.15) is 0 Å². The summed E-state index contributed by atoms with van der Waals surface area (Å²) >= 11 is 0. The number of carbonyl (C=O) groups is 5. The quantitative estimate of drug-likeness (QED) is 0.253. The molecule has 1 N–H and O–H groups in total. The van der Waals surface area contributed by atoms with Crippen molar-refractivity contribution < 1.29 is 43.3 Å². The van der Waals surface area contributed by atoms with E-state index < -0.39 is 23.9 Å². The summed E-state index contributed by atoms with van der Waals surface area (Å²) < 4.78 is 12.3. The van der Waals surface area contributed by atoms with Crippen molar-refractivity contribution in [1.29, 1.82) is 0 Å². The van der Waals surface area contributed by atoms with Gasteiger partial charge in [0.25, 0.3) is 0 Å². The molecule has 0 bridgehead atoms. The first-order valence-corrected chi connectivity index (χ1v) is 5.43. The summed E-state index contributed by atoms with van der Waals surface area (Å²) in [5.74, 6) is -3.32. The van der Waals surface area contributed by atoms with Gasteiger partial charge in [0.2, 0.25) is 0 Å². The number of cyclic esters (lactones) is 2. The molecule has 0 radical (unpaired) electrons. The van der Waals surface area contributed by atoms with Crippen LogP contribution in [0, 0.1) is 0 Å². The minimum absolute atomic E-state index is 0.329. The molecular weight excluding hydrogens is 300 g/mol. The lowest BCUT2D eigenvalue weighted by Crippen LogP contribution is -1.96. The highest BCUT2D eigenvalue weighted by molar-refractivity contribution is 6.04. The van der Waals surface area contributed by atoms with Crippen LogP contribution in [0.4, 0.5) is 0 Å². The summed E-state index contributed by atoms with van der Waals surface area (Å²) in [6.45, 7) is 4.48. The first kappa shape index (κ1) is 21.1. The number of carboxylic acids is 1. The van der Waals surface area contributed by atoms with E-state index in [0.717, 1.165) is 24.5 Å². The van der Waals surface area contributed by atoms with Gasteiger partial charge in [-0.3, -0.25) is 4.79 Å². The summed E-state index contributed by atoms with van der Waals surface area (Å²) in [7, 11) is 1.18. The molecule has 1 aliphatic heterocycles. The average Bonchev–Trinajstić information content (AvgIpc) is 2.80. The Morgan fingerprint density at radius 2 is 1.68 bits per heavy atom. The van der Waals surface area contributed by atoms with Crippen LogP contribution in [-0.4, -0.2) is 42.1 Å². The molecule has 9 heteroatoms. The Kier molecular flexibility index (Phi) is 12.2. The highest BCUT2D eigenvalue weighted by Crippen LogP contribution is 1.92. The summed E-state index contributed by atoms with van der Waals surface area (Å²) in [5.41, 5.74) is 0. The number of ether oxygens (including phenoxy) is 3. The lowest BCUT2D eigenvalue weighted by molar-refractivity contribution is -0.150. The molecular formula is C13H14O9. The van der Waals surface area contributed by atoms with Gasteiger partial charge in [-0.1, -0.05) is 6.58 Å². The Morgan fingerprint density at radius 1 is 1.18 bits per heavy atom. The molecule has 9 nitrogen and oxygen atoms in total. The molecule has 0 unspecified atom stereocenters. The van der Waals surface area contributed by atoms with E-state index in [-0.39, 0.29) is 5.97 Å². The molecule has 0 aliphatic carbocycles. The van der Waals surface area contributed by atoms with Gasteiger partial charge >= 0.3 is 29.8 Å². The van der Waals surface area contributed by atoms with Gasteiger partial charge in [0.05, 0.1) is 13.4 Å². The van der Waals surface area contributed by atoms with Crippen molar-refractivity contribution in [3.63, 3.8) is 0 Å². The molecule has 1 rings (SSSR count). The summed E-state index contributed by atoms with van der Waals surface area (Å²) in [6.07, 6.45) is 4.82. The number of hydrogen-bond donors (Lipinski definition) is 1. The van der Waals surface area contributed by atoms with E-state index in [9.17, 15) is 24.0 Å². The van der Waals surface area contributed by atoms with Crippen molar-refractivity contribution in [2.75, 3.05) is 7.11 Å². The molecule has 0 atom stereocenters. The highest BCUT2D eigenvalue weighted by atomic mass is 16.6. The molecule has 22 heavy (non-hydrogen) atoms. The topological polar surface area (TPSA) is 133 Å². The first-order chi connectivity index (χ1) is 10.2. The molecule has 0 aromatic rings. The SMILES string of the molecule is C=COC(C)=O.COC(=O)/C=C\C(=O)O.O=C1C=CC(=O)O1. The molecule has 0 aromatic carbocycles. The third kappa shape index (κ3) is 16.8. The smallest absolute Gasteiger partial charge is 0.338 e. The normalized spacial score (nSPS) is 11.4. The highest BCUT2D eigenvalue weighted by Gasteiger charge is 2.10. The second-order valence-corrected chi connectivity index (χ2v) is 3.04. The second-order valence-electron chi connectivity index (χ2n) is 3.04. The predicted octanol–water partition coefficient (Wildman–Crippen LogP) is 0.119. The van der Waals surface area contributed by atoms with Crippen molar-refractivity contribution in [2.24, 2.45) is 0 Å². The number of hydrogen-bond acceptors (Lipinski definition) is 8. The van der Waals surface area contributed by atoms with Crippen molar-refractivity contribution in [3.05, 3.63) is 37.1 Å². The van der Waals surface area contributed by atoms with Crippen molar-refractivity contribution in [1.82, 2.24) is 0 Å². The fourth-order valence-electron chi connectivity index (χ4n) is 0.628. The minimum Gasteiger partial charge on any atom is -0.478 e. The number of carbonyl (C=O) groups excluding carboxylic acids is 4. The fraction of sp³-hybridized carbons (Fsp3) is 0.154. The van der Waals surface area contributed by atoms with Gasteiger partial charge in [0, 0.05) is 31.2 Å². The number of methoxy groups -OCH3 is 1. The third-order valence-electron chi connectivity index (χ3n) is 1.37. The number of aliphatic carboxylic acids is 1. The first-order valence-electron chi connectivity index (χ1n) is 5.43. The van der Waals surface area contributed by atoms with Crippen molar-refractivity contribution >= 4 is 29.8 Å². The van der Waals surface area contributed by atoms with E-state index in [2.05, 4.69) is 20.8 Å². The van der Waals surface area contributed by atoms with Crippen LogP contribution in [0.5, 0.6) is 0 Å². The predicted molar refractivity (Wildman–Crippen MR) is 71.0 cm³/mol. The van der Waals surface area contributed by atoms with Crippen molar-refractivity contribution in [2.45, 2.75) is 6.92 Å². The zero-order valence-electron chi connectivity index (χ0n) is 11.8. The van der Waals surface area contributed by atoms with E-state index in [1.165, 1.54) is 14.0 Å². The van der Waals surface area contributed by atoms with Crippen LogP contribution >= 0.6 is 0 Å². The average molecular weight is 314 g/mol. The van der Waals surface area contributed by atoms with E-state index >= 15 is 0 Å². The lowest BCUT2D eigenvalue weighted by atomic mass is 10.5. The molecule has 0 saturated heterocycles. The van der Waals surface area contributed by atoms with Crippen LogP contribution < -0.4 is 0 Å². The van der Waals surface area contributed by atoms with Gasteiger partial charge in [0.15, 0.2) is 0 Å². The summed E-state index contributed by atoms with van der Waals surface area (Å²) in [4.78, 5) is 49.5. The Bertz CT molecular complexity index is 484. The second kappa shape index (κ2) is 12.8. The van der Waals surface area contributed by atoms with Gasteiger partial charge < -0.3 is 19.3 Å². The molecule has 0 amide bonds. The van der Waals surface area contributed by atoms with E-state index in [1.807, 2.05) is 0 Å². The zero-order valence-corrected chi connectivity index (χ0v) is 11.8. The Hall–Kier alpha value is -3.23. The van der Waals surface area contributed by atoms with E-state index in [4.69, 9.17) is 5.11 Å². The maximum atomic E-state index is 10.1. The zero-order chi connectivity index (χ0) is 17.5. The van der Waals surface area contributed by atoms with Crippen LogP contribution in [0.15, 0.2) is 37.1 Å². The Balaban J connectivity index is 0. The minimum atomic E-state index is -1.17. The third-order valence-corrected chi connectivity index (χ3v) is 1.37. The molecule has 1 aliphatic rings. The van der Waals surface area contributed by atoms with Gasteiger partial charge in [-0.25, -0.2) is 19.2 Å². The standard InChI is InChI=1S/C5H6O4.C4H2O3.C4H6O2/c1-9-5(8)3-2-4(6)7;5-3-1-2-4(6)7-3;1-3-6-4(2)5/h2-3H,1H3,(H,6,7);1-2H;3H,1H2,2H3/b3-2-;;. The fourth-order valence-corrected chi connectivity index (χ4v) is 0.628. The molecule has 0 aromatic heterocycles. The lowest BCUT2D eigenvalue weighted by Gasteiger charge is -1.85. The Labute approximate surface area is 125 Å². The van der Waals surface area contributed by atoms with Crippen molar-refractivity contribution in [3.8, 4) is 0 Å². The van der Waals surface area contributed by atoms with Crippen LogP contribution in [0.3, 0.4) is 0 Å². The van der Waals surface area contributed by atoms with Gasteiger partial charge in [-0.05, 0) is 0 Å². The number of carboxylic acid groups (broad SMARTS) is 1. The molecule has 0 saturated carbocycles. The molecule has 1 heterocycles. The van der Waals surface area contributed by atoms with Gasteiger partial charge in [-0.15, -0.1) is 0 Å². The number of esters is 4. The molecule has 0 spiro atoms. The maximum Gasteiger partial charge on any atom is 0.338 e. The van der Waals surface area contributed by atoms with Crippen LogP contribution in [0.2, 0.25) is 0 Å². The molecule has 0 fully saturated rings. The Morgan fingerprint density at radius 3 is 1.86 bits per heavy atom. The maximum absolute atomic E-state index is 10.1. The molecule has 120 valence electrons. The van der Waals surface area contributed by atoms with Crippen LogP contribution in [-0.2, 0) is 38.2 Å². The largest absolute Gasteiger partial charge is 0.478 e. The number of rotatable bonds is 3. The van der Waals surface area contributed by atoms with Gasteiger partial charge in [0.1, 0.15) is 0 Å². The van der Waals surface area contributed by atoms with Crippen LogP contribution in [0.25, 0.3) is 0 Å². The van der Waals surface area contributed by atoms with E-state index in [0.29, 0.717) is 6.08 Å². The monoisotopic (exact) mass is 314 g/mol.